The van der Waals surface area contributed by atoms with E-state index < -0.39 is 6.04 Å². The first-order valence-corrected chi connectivity index (χ1v) is 10.9. The number of rotatable bonds is 6. The molecule has 0 fully saturated rings. The number of amides is 1. The molecule has 0 saturated carbocycles. The Labute approximate surface area is 191 Å². The Morgan fingerprint density at radius 3 is 2.58 bits per heavy atom. The van der Waals surface area contributed by atoms with Crippen LogP contribution in [0.5, 0.6) is 11.5 Å². The monoisotopic (exact) mass is 440 g/mol. The van der Waals surface area contributed by atoms with Gasteiger partial charge in [0.25, 0.3) is 5.91 Å². The summed E-state index contributed by atoms with van der Waals surface area (Å²) in [4.78, 5) is 19.4. The number of aromatic amines is 1. The van der Waals surface area contributed by atoms with Crippen molar-refractivity contribution in [2.24, 2.45) is 0 Å². The molecule has 2 aromatic heterocycles. The van der Waals surface area contributed by atoms with Gasteiger partial charge in [0.2, 0.25) is 0 Å². The van der Waals surface area contributed by atoms with Crippen molar-refractivity contribution in [1.29, 1.82) is 0 Å². The quantitative estimate of drug-likeness (QED) is 0.456. The number of pyridine rings is 1. The minimum absolute atomic E-state index is 0.0665. The molecule has 0 bridgehead atoms. The van der Waals surface area contributed by atoms with Gasteiger partial charge in [0.15, 0.2) is 11.5 Å². The van der Waals surface area contributed by atoms with E-state index in [1.54, 1.807) is 24.5 Å². The number of aromatic hydroxyl groups is 1. The van der Waals surface area contributed by atoms with Gasteiger partial charge >= 0.3 is 0 Å². The number of H-pyrrole nitrogens is 1. The highest BCUT2D eigenvalue weighted by atomic mass is 16.5. The second-order valence-corrected chi connectivity index (χ2v) is 8.08. The van der Waals surface area contributed by atoms with E-state index in [2.05, 4.69) is 15.2 Å². The molecule has 0 saturated heterocycles. The summed E-state index contributed by atoms with van der Waals surface area (Å²) in [6.07, 6.45) is 3.44. The van der Waals surface area contributed by atoms with E-state index in [0.717, 1.165) is 33.5 Å². The maximum Gasteiger partial charge on any atom is 0.273 e. The number of carbonyl (C=O) groups excluding carboxylic acids is 1. The number of hydrogen-bond acceptors (Lipinski definition) is 5. The van der Waals surface area contributed by atoms with Gasteiger partial charge in [0.1, 0.15) is 5.69 Å². The van der Waals surface area contributed by atoms with Crippen LogP contribution in [0.2, 0.25) is 0 Å². The normalized spacial score (nSPS) is 15.0. The van der Waals surface area contributed by atoms with Crippen LogP contribution in [0.1, 0.15) is 45.7 Å². The van der Waals surface area contributed by atoms with Crippen LogP contribution in [0.25, 0.3) is 11.3 Å². The molecule has 33 heavy (non-hydrogen) atoms. The average molecular weight is 441 g/mol. The summed E-state index contributed by atoms with van der Waals surface area (Å²) in [5, 5.41) is 17.7. The molecular weight excluding hydrogens is 416 g/mol. The molecule has 2 N–H and O–H groups in total. The fourth-order valence-electron chi connectivity index (χ4n) is 4.29. The van der Waals surface area contributed by atoms with Gasteiger partial charge in [-0.05, 0) is 49.2 Å². The lowest BCUT2D eigenvalue weighted by Gasteiger charge is -2.27. The smallest absolute Gasteiger partial charge is 0.273 e. The maximum atomic E-state index is 13.5. The zero-order valence-corrected chi connectivity index (χ0v) is 18.4. The predicted molar refractivity (Wildman–Crippen MR) is 124 cm³/mol. The molecule has 1 atom stereocenters. The first-order chi connectivity index (χ1) is 16.1. The van der Waals surface area contributed by atoms with Gasteiger partial charge in [0.05, 0.1) is 18.3 Å². The van der Waals surface area contributed by atoms with E-state index in [4.69, 9.17) is 4.74 Å². The van der Waals surface area contributed by atoms with Crippen LogP contribution < -0.4 is 4.74 Å². The predicted octanol–water partition coefficient (Wildman–Crippen LogP) is 4.63. The summed E-state index contributed by atoms with van der Waals surface area (Å²) in [5.74, 6) is 0.334. The van der Waals surface area contributed by atoms with Crippen molar-refractivity contribution >= 4 is 5.91 Å². The zero-order chi connectivity index (χ0) is 22.9. The van der Waals surface area contributed by atoms with Gasteiger partial charge in [0, 0.05) is 30.1 Å². The van der Waals surface area contributed by atoms with Crippen LogP contribution in [0.3, 0.4) is 0 Å². The topological polar surface area (TPSA) is 91.3 Å². The SMILES string of the molecule is CCOc1cc(C2c3c(-c4ccc(C)cc4)n[nH]c3C(=O)N2Cc2ccncc2)ccc1O. The summed E-state index contributed by atoms with van der Waals surface area (Å²) in [6.45, 7) is 4.73. The van der Waals surface area contributed by atoms with E-state index >= 15 is 0 Å². The molecule has 1 unspecified atom stereocenters. The fourth-order valence-corrected chi connectivity index (χ4v) is 4.29. The number of nitrogens with zero attached hydrogens (tertiary/aromatic N) is 3. The number of phenolic OH excluding ortho intramolecular Hbond substituents is 1. The maximum absolute atomic E-state index is 13.5. The van der Waals surface area contributed by atoms with Gasteiger partial charge in [-0.3, -0.25) is 14.9 Å². The summed E-state index contributed by atoms with van der Waals surface area (Å²) < 4.78 is 5.63. The molecule has 5 rings (SSSR count). The van der Waals surface area contributed by atoms with Gasteiger partial charge in [-0.15, -0.1) is 0 Å². The van der Waals surface area contributed by atoms with Crippen molar-refractivity contribution in [3.63, 3.8) is 0 Å². The third-order valence-electron chi connectivity index (χ3n) is 5.89. The Kier molecular flexibility index (Phi) is 5.30. The molecule has 0 radical (unpaired) electrons. The molecule has 166 valence electrons. The minimum atomic E-state index is -0.393. The Balaban J connectivity index is 1.66. The van der Waals surface area contributed by atoms with Crippen LogP contribution in [-0.4, -0.2) is 37.7 Å². The summed E-state index contributed by atoms with van der Waals surface area (Å²) >= 11 is 0. The summed E-state index contributed by atoms with van der Waals surface area (Å²) in [6, 6.07) is 16.7. The van der Waals surface area contributed by atoms with Gasteiger partial charge in [-0.1, -0.05) is 35.9 Å². The van der Waals surface area contributed by atoms with Crippen molar-refractivity contribution in [1.82, 2.24) is 20.1 Å². The Morgan fingerprint density at radius 1 is 1.09 bits per heavy atom. The van der Waals surface area contributed by atoms with Gasteiger partial charge in [-0.2, -0.15) is 5.10 Å². The number of phenols is 1. The van der Waals surface area contributed by atoms with Gasteiger partial charge in [-0.25, -0.2) is 0 Å². The molecule has 7 nitrogen and oxygen atoms in total. The largest absolute Gasteiger partial charge is 0.504 e. The molecule has 3 heterocycles. The van der Waals surface area contributed by atoms with Gasteiger partial charge < -0.3 is 14.7 Å². The molecule has 1 aliphatic rings. The number of carbonyl (C=O) groups is 1. The second kappa shape index (κ2) is 8.43. The van der Waals surface area contributed by atoms with Crippen molar-refractivity contribution < 1.29 is 14.6 Å². The van der Waals surface area contributed by atoms with Crippen LogP contribution in [0.4, 0.5) is 0 Å². The van der Waals surface area contributed by atoms with Crippen molar-refractivity contribution in [2.45, 2.75) is 26.4 Å². The molecular formula is C26H24N4O3. The van der Waals surface area contributed by atoms with Crippen LogP contribution in [0, 0.1) is 6.92 Å². The van der Waals surface area contributed by atoms with E-state index in [1.807, 2.05) is 61.2 Å². The van der Waals surface area contributed by atoms with Crippen molar-refractivity contribution in [3.05, 3.63) is 94.9 Å². The lowest BCUT2D eigenvalue weighted by atomic mass is 9.95. The average Bonchev–Trinajstić information content (AvgIpc) is 3.36. The highest BCUT2D eigenvalue weighted by Crippen LogP contribution is 2.45. The number of hydrogen-bond donors (Lipinski definition) is 2. The lowest BCUT2D eigenvalue weighted by Crippen LogP contribution is -2.29. The van der Waals surface area contributed by atoms with E-state index in [1.165, 1.54) is 0 Å². The van der Waals surface area contributed by atoms with Crippen LogP contribution in [0.15, 0.2) is 67.0 Å². The van der Waals surface area contributed by atoms with E-state index in [9.17, 15) is 9.90 Å². The number of aryl methyl sites for hydroxylation is 1. The van der Waals surface area contributed by atoms with Crippen molar-refractivity contribution in [3.8, 4) is 22.8 Å². The summed E-state index contributed by atoms with van der Waals surface area (Å²) in [5.41, 5.74) is 5.95. The molecule has 4 aromatic rings. The molecule has 7 heteroatoms. The Bertz CT molecular complexity index is 1300. The molecule has 1 amide bonds. The number of fused-ring (bicyclic) bond motifs is 1. The standard InChI is InChI=1S/C26H24N4O3/c1-3-33-21-14-19(8-9-20(21)31)25-22-23(18-6-4-16(2)5-7-18)28-29-24(22)26(32)30(25)15-17-10-12-27-13-11-17/h4-14,25,31H,3,15H2,1-2H3,(H,28,29). The Morgan fingerprint density at radius 2 is 1.85 bits per heavy atom. The van der Waals surface area contributed by atoms with Crippen LogP contribution >= 0.6 is 0 Å². The van der Waals surface area contributed by atoms with E-state index in [-0.39, 0.29) is 11.7 Å². The number of benzene rings is 2. The first kappa shape index (κ1) is 20.8. The molecule has 1 aliphatic heterocycles. The van der Waals surface area contributed by atoms with Crippen LogP contribution in [-0.2, 0) is 6.54 Å². The van der Waals surface area contributed by atoms with Crippen molar-refractivity contribution in [2.75, 3.05) is 6.61 Å². The zero-order valence-electron chi connectivity index (χ0n) is 18.4. The number of ether oxygens (including phenoxy) is 1. The molecule has 2 aromatic carbocycles. The highest BCUT2D eigenvalue weighted by Gasteiger charge is 2.42. The lowest BCUT2D eigenvalue weighted by molar-refractivity contribution is 0.0729. The number of aromatic nitrogens is 3. The third-order valence-corrected chi connectivity index (χ3v) is 5.89. The Hall–Kier alpha value is -4.13. The molecule has 0 spiro atoms. The van der Waals surface area contributed by atoms with E-state index in [0.29, 0.717) is 24.6 Å². The minimum Gasteiger partial charge on any atom is -0.504 e. The first-order valence-electron chi connectivity index (χ1n) is 10.9. The summed E-state index contributed by atoms with van der Waals surface area (Å²) in [7, 11) is 0. The number of nitrogens with one attached hydrogen (secondary N) is 1. The second-order valence-electron chi connectivity index (χ2n) is 8.08. The molecule has 0 aliphatic carbocycles. The highest BCUT2D eigenvalue weighted by molar-refractivity contribution is 6.00. The third kappa shape index (κ3) is 3.71. The fraction of sp³-hybridized carbons (Fsp3) is 0.192.